The molecule has 1 atom stereocenters. The lowest BCUT2D eigenvalue weighted by Gasteiger charge is -2.32. The molecule has 1 aromatic rings. The van der Waals surface area contributed by atoms with Gasteiger partial charge in [0.05, 0.1) is 5.92 Å². The maximum Gasteiger partial charge on any atom is 0.410 e. The third kappa shape index (κ3) is 6.75. The van der Waals surface area contributed by atoms with Crippen LogP contribution in [0, 0.1) is 5.92 Å². The Bertz CT molecular complexity index is 761. The molecule has 1 N–H and O–H groups in total. The Morgan fingerprint density at radius 2 is 1.67 bits per heavy atom. The lowest BCUT2D eigenvalue weighted by Crippen LogP contribution is -2.43. The highest BCUT2D eigenvalue weighted by atomic mass is 16.6. The molecular formula is C23H34N2O5. The molecule has 0 aliphatic carbocycles. The number of anilines is 1. The number of nitrogens with zero attached hydrogens (tertiary/aromatic N) is 1. The minimum Gasteiger partial charge on any atom is -0.452 e. The van der Waals surface area contributed by atoms with E-state index in [0.717, 1.165) is 11.3 Å². The van der Waals surface area contributed by atoms with Gasteiger partial charge in [0.2, 0.25) is 0 Å². The molecule has 2 rings (SSSR count). The van der Waals surface area contributed by atoms with Crippen LogP contribution in [0.2, 0.25) is 0 Å². The number of piperidine rings is 1. The highest BCUT2D eigenvalue weighted by molar-refractivity contribution is 5.95. The number of benzene rings is 1. The van der Waals surface area contributed by atoms with Crippen LogP contribution in [0.25, 0.3) is 0 Å². The zero-order valence-corrected chi connectivity index (χ0v) is 18.9. The van der Waals surface area contributed by atoms with Crippen molar-refractivity contribution in [1.82, 2.24) is 4.90 Å². The van der Waals surface area contributed by atoms with E-state index in [0.29, 0.717) is 25.9 Å². The fourth-order valence-corrected chi connectivity index (χ4v) is 3.30. The first-order valence-electron chi connectivity index (χ1n) is 10.6. The number of rotatable bonds is 5. The monoisotopic (exact) mass is 418 g/mol. The van der Waals surface area contributed by atoms with Crippen LogP contribution in [0.4, 0.5) is 10.5 Å². The lowest BCUT2D eigenvalue weighted by atomic mass is 9.97. The Labute approximate surface area is 179 Å². The van der Waals surface area contributed by atoms with E-state index in [1.807, 2.05) is 45.0 Å². The van der Waals surface area contributed by atoms with E-state index in [9.17, 15) is 14.4 Å². The number of carbonyl (C=O) groups excluding carboxylic acids is 3. The van der Waals surface area contributed by atoms with Gasteiger partial charge in [-0.15, -0.1) is 0 Å². The Kier molecular flexibility index (Phi) is 7.87. The van der Waals surface area contributed by atoms with Gasteiger partial charge in [-0.1, -0.05) is 32.0 Å². The molecule has 2 amide bonds. The number of likely N-dealkylation sites (tertiary alicyclic amines) is 1. The summed E-state index contributed by atoms with van der Waals surface area (Å²) in [5, 5.41) is 2.86. The highest BCUT2D eigenvalue weighted by Crippen LogP contribution is 2.25. The van der Waals surface area contributed by atoms with Crippen molar-refractivity contribution in [3.05, 3.63) is 29.8 Å². The number of hydrogen-bond acceptors (Lipinski definition) is 5. The average Bonchev–Trinajstić information content (AvgIpc) is 2.66. The minimum absolute atomic E-state index is 0.259. The SMILES string of the molecule is CC(C)c1ccccc1NC(=O)[C@H](C)OC(=O)C1CCN(C(=O)OC(C)(C)C)CC1. The van der Waals surface area contributed by atoms with Crippen LogP contribution in [0.1, 0.15) is 65.9 Å². The van der Waals surface area contributed by atoms with Crippen LogP contribution in [0.5, 0.6) is 0 Å². The second kappa shape index (κ2) is 9.96. The van der Waals surface area contributed by atoms with Crippen molar-refractivity contribution in [2.24, 2.45) is 5.92 Å². The molecule has 1 saturated heterocycles. The van der Waals surface area contributed by atoms with Gasteiger partial charge in [-0.05, 0) is 58.1 Å². The maximum absolute atomic E-state index is 12.5. The van der Waals surface area contributed by atoms with Crippen LogP contribution in [-0.4, -0.2) is 47.7 Å². The van der Waals surface area contributed by atoms with Gasteiger partial charge in [-0.2, -0.15) is 0 Å². The molecular weight excluding hydrogens is 384 g/mol. The summed E-state index contributed by atoms with van der Waals surface area (Å²) in [7, 11) is 0. The van der Waals surface area contributed by atoms with E-state index >= 15 is 0 Å². The summed E-state index contributed by atoms with van der Waals surface area (Å²) in [5.41, 5.74) is 1.20. The summed E-state index contributed by atoms with van der Waals surface area (Å²) in [6.07, 6.45) is -0.293. The number of carbonyl (C=O) groups is 3. The number of hydrogen-bond donors (Lipinski definition) is 1. The molecule has 1 aliphatic rings. The van der Waals surface area contributed by atoms with Crippen LogP contribution >= 0.6 is 0 Å². The molecule has 30 heavy (non-hydrogen) atoms. The summed E-state index contributed by atoms with van der Waals surface area (Å²) in [6, 6.07) is 7.60. The van der Waals surface area contributed by atoms with E-state index in [2.05, 4.69) is 19.2 Å². The standard InChI is InChI=1S/C23H34N2O5/c1-15(2)18-9-7-8-10-19(18)24-20(26)16(3)29-21(27)17-11-13-25(14-12-17)22(28)30-23(4,5)6/h7-10,15-17H,11-14H2,1-6H3,(H,24,26)/t16-/m0/s1. The van der Waals surface area contributed by atoms with E-state index in [-0.39, 0.29) is 23.8 Å². The maximum atomic E-state index is 12.5. The Morgan fingerprint density at radius 3 is 2.23 bits per heavy atom. The predicted octanol–water partition coefficient (Wildman–Crippen LogP) is 4.33. The van der Waals surface area contributed by atoms with Crippen molar-refractivity contribution in [2.75, 3.05) is 18.4 Å². The van der Waals surface area contributed by atoms with E-state index in [1.54, 1.807) is 11.8 Å². The van der Waals surface area contributed by atoms with Gasteiger partial charge in [0, 0.05) is 18.8 Å². The third-order valence-electron chi connectivity index (χ3n) is 4.98. The number of esters is 1. The van der Waals surface area contributed by atoms with Crippen molar-refractivity contribution in [3.63, 3.8) is 0 Å². The number of para-hydroxylation sites is 1. The van der Waals surface area contributed by atoms with E-state index in [4.69, 9.17) is 9.47 Å². The quantitative estimate of drug-likeness (QED) is 0.720. The van der Waals surface area contributed by atoms with Crippen LogP contribution < -0.4 is 5.32 Å². The molecule has 1 aromatic carbocycles. The summed E-state index contributed by atoms with van der Waals surface area (Å²) >= 11 is 0. The van der Waals surface area contributed by atoms with Gasteiger partial charge in [-0.25, -0.2) is 4.79 Å². The molecule has 1 fully saturated rings. The van der Waals surface area contributed by atoms with Crippen LogP contribution in [0.3, 0.4) is 0 Å². The Hall–Kier alpha value is -2.57. The molecule has 0 aromatic heterocycles. The Balaban J connectivity index is 1.85. The fraction of sp³-hybridized carbons (Fsp3) is 0.609. The Morgan fingerprint density at radius 1 is 1.07 bits per heavy atom. The summed E-state index contributed by atoms with van der Waals surface area (Å²) in [6.45, 7) is 12.0. The van der Waals surface area contributed by atoms with E-state index < -0.39 is 17.7 Å². The predicted molar refractivity (Wildman–Crippen MR) is 115 cm³/mol. The van der Waals surface area contributed by atoms with Crippen molar-refractivity contribution < 1.29 is 23.9 Å². The van der Waals surface area contributed by atoms with Crippen molar-refractivity contribution in [1.29, 1.82) is 0 Å². The van der Waals surface area contributed by atoms with Crippen molar-refractivity contribution in [2.45, 2.75) is 72.0 Å². The molecule has 0 spiro atoms. The molecule has 0 unspecified atom stereocenters. The lowest BCUT2D eigenvalue weighted by molar-refractivity contribution is -0.158. The smallest absolute Gasteiger partial charge is 0.410 e. The van der Waals surface area contributed by atoms with Gasteiger partial charge >= 0.3 is 12.1 Å². The molecule has 7 nitrogen and oxygen atoms in total. The van der Waals surface area contributed by atoms with Gasteiger partial charge in [-0.3, -0.25) is 9.59 Å². The summed E-state index contributed by atoms with van der Waals surface area (Å²) in [5.74, 6) is -0.835. The molecule has 0 saturated carbocycles. The first-order valence-corrected chi connectivity index (χ1v) is 10.6. The van der Waals surface area contributed by atoms with Gasteiger partial charge in [0.25, 0.3) is 5.91 Å². The largest absolute Gasteiger partial charge is 0.452 e. The minimum atomic E-state index is -0.901. The second-order valence-corrected chi connectivity index (χ2v) is 9.05. The molecule has 1 aliphatic heterocycles. The summed E-state index contributed by atoms with van der Waals surface area (Å²) < 4.78 is 10.8. The molecule has 166 valence electrons. The zero-order valence-electron chi connectivity index (χ0n) is 18.9. The van der Waals surface area contributed by atoms with Crippen molar-refractivity contribution in [3.8, 4) is 0 Å². The van der Waals surface area contributed by atoms with Gasteiger partial charge < -0.3 is 19.7 Å². The van der Waals surface area contributed by atoms with Gasteiger partial charge in [0.1, 0.15) is 5.60 Å². The van der Waals surface area contributed by atoms with Gasteiger partial charge in [0.15, 0.2) is 6.10 Å². The molecule has 1 heterocycles. The third-order valence-corrected chi connectivity index (χ3v) is 4.98. The highest BCUT2D eigenvalue weighted by Gasteiger charge is 2.32. The molecule has 7 heteroatoms. The number of nitrogens with one attached hydrogen (secondary N) is 1. The second-order valence-electron chi connectivity index (χ2n) is 9.05. The number of ether oxygens (including phenoxy) is 2. The fourth-order valence-electron chi connectivity index (χ4n) is 3.30. The van der Waals surface area contributed by atoms with Crippen LogP contribution in [-0.2, 0) is 19.1 Å². The molecule has 0 bridgehead atoms. The van der Waals surface area contributed by atoms with Crippen molar-refractivity contribution >= 4 is 23.7 Å². The van der Waals surface area contributed by atoms with E-state index in [1.165, 1.54) is 0 Å². The van der Waals surface area contributed by atoms with Crippen LogP contribution in [0.15, 0.2) is 24.3 Å². The summed E-state index contributed by atoms with van der Waals surface area (Å²) in [4.78, 5) is 38.8. The number of amides is 2. The molecule has 0 radical (unpaired) electrons. The first kappa shape index (κ1) is 23.7. The normalized spacial score (nSPS) is 16.2. The first-order chi connectivity index (χ1) is 14.0. The zero-order chi connectivity index (χ0) is 22.5. The topological polar surface area (TPSA) is 84.9 Å². The average molecular weight is 419 g/mol.